The minimum atomic E-state index is -0.957. The lowest BCUT2D eigenvalue weighted by Gasteiger charge is -2.30. The summed E-state index contributed by atoms with van der Waals surface area (Å²) in [4.78, 5) is 16.8. The lowest BCUT2D eigenvalue weighted by molar-refractivity contribution is -0.165. The molecule has 0 saturated heterocycles. The topological polar surface area (TPSA) is 69.2 Å². The molecule has 2 atom stereocenters. The predicted molar refractivity (Wildman–Crippen MR) is 83.1 cm³/mol. The maximum atomic E-state index is 12.4. The van der Waals surface area contributed by atoms with Gasteiger partial charge in [-0.3, -0.25) is 0 Å². The summed E-state index contributed by atoms with van der Waals surface area (Å²) in [6.07, 6.45) is 2.27. The average molecular weight is 310 g/mol. The van der Waals surface area contributed by atoms with Crippen LogP contribution in [0.25, 0.3) is 0 Å². The maximum Gasteiger partial charge on any atom is 0.377 e. The van der Waals surface area contributed by atoms with Crippen LogP contribution in [0.4, 0.5) is 0 Å². The number of nitrogens with zero attached hydrogens (tertiary/aromatic N) is 1. The fourth-order valence-electron chi connectivity index (χ4n) is 2.27. The van der Waals surface area contributed by atoms with Crippen LogP contribution < -0.4 is 5.32 Å². The first-order valence-electron chi connectivity index (χ1n) is 7.92. The van der Waals surface area contributed by atoms with Crippen molar-refractivity contribution in [2.75, 3.05) is 13.2 Å². The Balaban J connectivity index is 2.06. The second-order valence-corrected chi connectivity index (χ2v) is 6.37. The zero-order valence-corrected chi connectivity index (χ0v) is 14.0. The summed E-state index contributed by atoms with van der Waals surface area (Å²) in [5, 5.41) is 3.18. The number of nitrogens with one attached hydrogen (secondary N) is 1. The molecule has 0 fully saturated rings. The molecule has 0 aromatic rings. The van der Waals surface area contributed by atoms with Crippen molar-refractivity contribution in [1.29, 1.82) is 0 Å². The molecule has 0 radical (unpaired) electrons. The molecule has 2 aliphatic rings. The third-order valence-electron chi connectivity index (χ3n) is 4.09. The van der Waals surface area contributed by atoms with E-state index in [1.165, 1.54) is 0 Å². The third kappa shape index (κ3) is 3.36. The molecule has 2 aliphatic heterocycles. The van der Waals surface area contributed by atoms with Gasteiger partial charge in [-0.05, 0) is 5.92 Å². The number of carbonyl (C=O) groups excluding carboxylic acids is 1. The van der Waals surface area contributed by atoms with Gasteiger partial charge in [0, 0.05) is 18.5 Å². The fraction of sp³-hybridized carbons (Fsp3) is 0.750. The van der Waals surface area contributed by atoms with Crippen LogP contribution in [0.3, 0.4) is 0 Å². The van der Waals surface area contributed by atoms with E-state index in [1.54, 1.807) is 6.20 Å². The van der Waals surface area contributed by atoms with Gasteiger partial charge in [0.25, 0.3) is 0 Å². The third-order valence-corrected chi connectivity index (χ3v) is 4.09. The standard InChI is InChI=1S/C16H26N2O4/c1-6-14-18-16(9-21-14,11(4)5)22-15(19)13-7-17-12(8-20-13)10(2)3/h7,10-12,17H,6,8-9H2,1-5H3/t12-,16-/m1/s1. The molecular weight excluding hydrogens is 284 g/mol. The Morgan fingerprint density at radius 2 is 2.18 bits per heavy atom. The number of hydrogen-bond donors (Lipinski definition) is 1. The number of ether oxygens (including phenoxy) is 3. The molecule has 6 nitrogen and oxygen atoms in total. The van der Waals surface area contributed by atoms with E-state index in [2.05, 4.69) is 24.2 Å². The van der Waals surface area contributed by atoms with Crippen molar-refractivity contribution in [2.24, 2.45) is 16.8 Å². The highest BCUT2D eigenvalue weighted by atomic mass is 16.6. The van der Waals surface area contributed by atoms with E-state index in [-0.39, 0.29) is 24.3 Å². The van der Waals surface area contributed by atoms with Crippen molar-refractivity contribution in [3.8, 4) is 0 Å². The van der Waals surface area contributed by atoms with Crippen molar-refractivity contribution in [1.82, 2.24) is 5.32 Å². The lowest BCUT2D eigenvalue weighted by Crippen LogP contribution is -2.43. The number of aliphatic imine (C=N–C) groups is 1. The monoisotopic (exact) mass is 310 g/mol. The van der Waals surface area contributed by atoms with Crippen LogP contribution in [0.1, 0.15) is 41.0 Å². The fourth-order valence-corrected chi connectivity index (χ4v) is 2.27. The largest absolute Gasteiger partial charge is 0.483 e. The molecule has 124 valence electrons. The SMILES string of the molecule is CCC1=N[C@](OC(=O)C2=CN[C@@H](C(C)C)CO2)(C(C)C)CO1. The molecular formula is C16H26N2O4. The summed E-state index contributed by atoms with van der Waals surface area (Å²) in [6, 6.07) is 0.204. The highest BCUT2D eigenvalue weighted by molar-refractivity contribution is 5.87. The van der Waals surface area contributed by atoms with Gasteiger partial charge in [-0.15, -0.1) is 0 Å². The van der Waals surface area contributed by atoms with E-state index in [1.807, 2.05) is 20.8 Å². The van der Waals surface area contributed by atoms with Crippen LogP contribution in [0.15, 0.2) is 17.0 Å². The molecule has 0 aromatic heterocycles. The molecule has 0 unspecified atom stereocenters. The summed E-state index contributed by atoms with van der Waals surface area (Å²) in [6.45, 7) is 10.8. The number of esters is 1. The quantitative estimate of drug-likeness (QED) is 0.788. The van der Waals surface area contributed by atoms with E-state index in [9.17, 15) is 4.79 Å². The second kappa shape index (κ2) is 6.58. The number of rotatable bonds is 5. The lowest BCUT2D eigenvalue weighted by atomic mass is 10.0. The summed E-state index contributed by atoms with van der Waals surface area (Å²) in [5.74, 6) is 0.750. The molecule has 0 aliphatic carbocycles. The molecule has 2 rings (SSSR count). The van der Waals surface area contributed by atoms with E-state index in [4.69, 9.17) is 14.2 Å². The minimum absolute atomic E-state index is 0.0149. The van der Waals surface area contributed by atoms with E-state index in [0.29, 0.717) is 24.8 Å². The second-order valence-electron chi connectivity index (χ2n) is 6.37. The first-order chi connectivity index (χ1) is 10.4. The summed E-state index contributed by atoms with van der Waals surface area (Å²) < 4.78 is 16.7. The normalized spacial score (nSPS) is 27.7. The number of carbonyl (C=O) groups is 1. The molecule has 6 heteroatoms. The Morgan fingerprint density at radius 1 is 1.45 bits per heavy atom. The molecule has 2 heterocycles. The van der Waals surface area contributed by atoms with Gasteiger partial charge in [0.15, 0.2) is 12.5 Å². The maximum absolute atomic E-state index is 12.4. The summed E-state index contributed by atoms with van der Waals surface area (Å²) in [5.41, 5.74) is -0.957. The Labute approximate surface area is 131 Å². The molecule has 1 N–H and O–H groups in total. The Hall–Kier alpha value is -1.72. The van der Waals surface area contributed by atoms with Crippen molar-refractivity contribution in [3.63, 3.8) is 0 Å². The van der Waals surface area contributed by atoms with Crippen molar-refractivity contribution in [2.45, 2.75) is 52.8 Å². The van der Waals surface area contributed by atoms with E-state index < -0.39 is 11.7 Å². The van der Waals surface area contributed by atoms with E-state index >= 15 is 0 Å². The van der Waals surface area contributed by atoms with E-state index in [0.717, 1.165) is 0 Å². The highest BCUT2D eigenvalue weighted by Gasteiger charge is 2.44. The van der Waals surface area contributed by atoms with Crippen LogP contribution in [0.2, 0.25) is 0 Å². The van der Waals surface area contributed by atoms with Crippen molar-refractivity contribution < 1.29 is 19.0 Å². The van der Waals surface area contributed by atoms with Crippen LogP contribution in [0.5, 0.6) is 0 Å². The summed E-state index contributed by atoms with van der Waals surface area (Å²) in [7, 11) is 0. The van der Waals surface area contributed by atoms with Crippen LogP contribution >= 0.6 is 0 Å². The Kier molecular flexibility index (Phi) is 4.98. The van der Waals surface area contributed by atoms with Gasteiger partial charge in [0.05, 0.1) is 6.04 Å². The van der Waals surface area contributed by atoms with Crippen LogP contribution in [-0.4, -0.2) is 36.8 Å². The van der Waals surface area contributed by atoms with Crippen molar-refractivity contribution in [3.05, 3.63) is 12.0 Å². The Bertz CT molecular complexity index is 485. The zero-order chi connectivity index (χ0) is 16.3. The predicted octanol–water partition coefficient (Wildman–Crippen LogP) is 2.21. The molecule has 0 aromatic carbocycles. The first kappa shape index (κ1) is 16.6. The molecule has 0 bridgehead atoms. The highest BCUT2D eigenvalue weighted by Crippen LogP contribution is 2.31. The Morgan fingerprint density at radius 3 is 2.64 bits per heavy atom. The smallest absolute Gasteiger partial charge is 0.377 e. The first-order valence-corrected chi connectivity index (χ1v) is 7.92. The summed E-state index contributed by atoms with van der Waals surface area (Å²) >= 11 is 0. The van der Waals surface area contributed by atoms with Crippen LogP contribution in [0, 0.1) is 11.8 Å². The zero-order valence-electron chi connectivity index (χ0n) is 14.0. The van der Waals surface area contributed by atoms with Gasteiger partial charge in [0.1, 0.15) is 6.61 Å². The molecule has 0 amide bonds. The van der Waals surface area contributed by atoms with Gasteiger partial charge in [-0.25, -0.2) is 9.79 Å². The molecule has 0 saturated carbocycles. The van der Waals surface area contributed by atoms with Gasteiger partial charge in [0.2, 0.25) is 11.5 Å². The van der Waals surface area contributed by atoms with Gasteiger partial charge in [-0.1, -0.05) is 34.6 Å². The van der Waals surface area contributed by atoms with Crippen molar-refractivity contribution >= 4 is 11.9 Å². The minimum Gasteiger partial charge on any atom is -0.483 e. The number of hydrogen-bond acceptors (Lipinski definition) is 6. The molecule has 22 heavy (non-hydrogen) atoms. The van der Waals surface area contributed by atoms with Crippen LogP contribution in [-0.2, 0) is 19.0 Å². The van der Waals surface area contributed by atoms with Gasteiger partial charge in [-0.2, -0.15) is 0 Å². The van der Waals surface area contributed by atoms with Gasteiger partial charge >= 0.3 is 5.97 Å². The average Bonchev–Trinajstić information content (AvgIpc) is 2.92. The van der Waals surface area contributed by atoms with Gasteiger partial charge < -0.3 is 19.5 Å². The molecule has 0 spiro atoms.